The molecular formula is C14H16BrF3N2O3. The number of alkyl halides is 3. The molecule has 2 rings (SSSR count). The highest BCUT2D eigenvalue weighted by Gasteiger charge is 2.60. The number of carboxylic acid groups (broad SMARTS) is 1. The van der Waals surface area contributed by atoms with Gasteiger partial charge >= 0.3 is 12.3 Å². The summed E-state index contributed by atoms with van der Waals surface area (Å²) < 4.78 is 46.7. The maximum absolute atomic E-state index is 13.7. The van der Waals surface area contributed by atoms with E-state index in [1.165, 1.54) is 12.1 Å². The molecule has 0 saturated carbocycles. The average Bonchev–Trinajstić information content (AvgIpc) is 2.42. The van der Waals surface area contributed by atoms with Gasteiger partial charge in [-0.1, -0.05) is 0 Å². The van der Waals surface area contributed by atoms with Crippen LogP contribution < -0.4 is 10.5 Å². The van der Waals surface area contributed by atoms with Crippen molar-refractivity contribution in [2.45, 2.75) is 31.5 Å². The topological polar surface area (TPSA) is 75.8 Å². The summed E-state index contributed by atoms with van der Waals surface area (Å²) in [5.41, 5.74) is 3.90. The van der Waals surface area contributed by atoms with Crippen LogP contribution in [0, 0.1) is 6.92 Å². The van der Waals surface area contributed by atoms with Crippen molar-refractivity contribution in [3.63, 3.8) is 0 Å². The fourth-order valence-electron chi connectivity index (χ4n) is 2.64. The third-order valence-electron chi connectivity index (χ3n) is 3.79. The molecule has 0 bridgehead atoms. The third-order valence-corrected chi connectivity index (χ3v) is 4.38. The second-order valence-electron chi connectivity index (χ2n) is 5.55. The SMILES string of the molecule is Cc1cc(N)cc(Br)c1OC1(C(F)(F)F)CCCN(C(=O)O)C1. The van der Waals surface area contributed by atoms with Gasteiger partial charge in [0.05, 0.1) is 11.0 Å². The molecule has 1 aromatic rings. The first kappa shape index (κ1) is 17.7. The Morgan fingerprint density at radius 3 is 2.65 bits per heavy atom. The maximum Gasteiger partial charge on any atom is 0.430 e. The molecule has 128 valence electrons. The lowest BCUT2D eigenvalue weighted by molar-refractivity contribution is -0.260. The number of ether oxygens (including phenoxy) is 1. The number of halogens is 4. The van der Waals surface area contributed by atoms with Crippen LogP contribution in [-0.4, -0.2) is 41.0 Å². The van der Waals surface area contributed by atoms with Gasteiger partial charge in [0.15, 0.2) is 0 Å². The van der Waals surface area contributed by atoms with Crippen LogP contribution in [0.25, 0.3) is 0 Å². The van der Waals surface area contributed by atoms with Crippen LogP contribution in [0.5, 0.6) is 5.75 Å². The first-order valence-corrected chi connectivity index (χ1v) is 7.64. The number of carbonyl (C=O) groups is 1. The summed E-state index contributed by atoms with van der Waals surface area (Å²) >= 11 is 3.16. The smallest absolute Gasteiger partial charge is 0.430 e. The number of likely N-dealkylation sites (tertiary alicyclic amines) is 1. The molecule has 1 fully saturated rings. The number of hydrogen-bond acceptors (Lipinski definition) is 3. The van der Waals surface area contributed by atoms with Crippen molar-refractivity contribution in [3.8, 4) is 5.75 Å². The van der Waals surface area contributed by atoms with Crippen molar-refractivity contribution in [2.75, 3.05) is 18.8 Å². The average molecular weight is 397 g/mol. The molecule has 0 radical (unpaired) electrons. The van der Waals surface area contributed by atoms with Crippen molar-refractivity contribution < 1.29 is 27.8 Å². The van der Waals surface area contributed by atoms with E-state index in [2.05, 4.69) is 15.9 Å². The van der Waals surface area contributed by atoms with E-state index in [4.69, 9.17) is 15.6 Å². The van der Waals surface area contributed by atoms with Crippen LogP contribution in [0.3, 0.4) is 0 Å². The normalized spacial score (nSPS) is 22.0. The molecule has 1 amide bonds. The van der Waals surface area contributed by atoms with E-state index in [0.29, 0.717) is 15.7 Å². The predicted molar refractivity (Wildman–Crippen MR) is 81.5 cm³/mol. The molecule has 1 aliphatic rings. The zero-order valence-electron chi connectivity index (χ0n) is 12.3. The van der Waals surface area contributed by atoms with Crippen LogP contribution in [0.2, 0.25) is 0 Å². The summed E-state index contributed by atoms with van der Waals surface area (Å²) in [5, 5.41) is 9.03. The highest BCUT2D eigenvalue weighted by atomic mass is 79.9. The van der Waals surface area contributed by atoms with Crippen molar-refractivity contribution >= 4 is 27.7 Å². The maximum atomic E-state index is 13.7. The Hall–Kier alpha value is -1.64. The molecule has 0 spiro atoms. The van der Waals surface area contributed by atoms with Gasteiger partial charge in [0, 0.05) is 12.2 Å². The predicted octanol–water partition coefficient (Wildman–Crippen LogP) is 3.79. The van der Waals surface area contributed by atoms with E-state index in [0.717, 1.165) is 4.90 Å². The highest BCUT2D eigenvalue weighted by molar-refractivity contribution is 9.10. The molecule has 1 aliphatic heterocycles. The van der Waals surface area contributed by atoms with E-state index >= 15 is 0 Å². The Labute approximate surface area is 139 Å². The summed E-state index contributed by atoms with van der Waals surface area (Å²) in [6.07, 6.45) is -6.35. The second-order valence-corrected chi connectivity index (χ2v) is 6.40. The molecule has 1 aromatic carbocycles. The minimum Gasteiger partial charge on any atom is -0.474 e. The third kappa shape index (κ3) is 3.49. The van der Waals surface area contributed by atoms with Crippen LogP contribution in [0.1, 0.15) is 18.4 Å². The number of rotatable bonds is 2. The number of nitrogens with zero attached hydrogens (tertiary/aromatic N) is 1. The number of hydrogen-bond donors (Lipinski definition) is 2. The van der Waals surface area contributed by atoms with Gasteiger partial charge in [-0.3, -0.25) is 0 Å². The molecule has 3 N–H and O–H groups in total. The van der Waals surface area contributed by atoms with Gasteiger partial charge in [0.25, 0.3) is 0 Å². The number of amides is 1. The minimum absolute atomic E-state index is 0.0174. The first-order chi connectivity index (χ1) is 10.6. The molecule has 1 unspecified atom stereocenters. The molecule has 1 heterocycles. The Morgan fingerprint density at radius 1 is 1.48 bits per heavy atom. The van der Waals surface area contributed by atoms with E-state index in [1.54, 1.807) is 6.92 Å². The number of benzene rings is 1. The first-order valence-electron chi connectivity index (χ1n) is 6.85. The lowest BCUT2D eigenvalue weighted by atomic mass is 9.91. The van der Waals surface area contributed by atoms with Gasteiger partial charge in [-0.15, -0.1) is 0 Å². The summed E-state index contributed by atoms with van der Waals surface area (Å²) in [6, 6.07) is 2.95. The molecular weight excluding hydrogens is 381 g/mol. The number of piperidine rings is 1. The standard InChI is InChI=1S/C14H16BrF3N2O3/c1-8-5-9(19)6-10(15)11(8)23-13(14(16,17)18)3-2-4-20(7-13)12(21)22/h5-6H,2-4,7,19H2,1H3,(H,21,22). The van der Waals surface area contributed by atoms with Crippen LogP contribution >= 0.6 is 15.9 Å². The highest BCUT2D eigenvalue weighted by Crippen LogP contribution is 2.44. The van der Waals surface area contributed by atoms with Crippen molar-refractivity contribution in [3.05, 3.63) is 22.2 Å². The number of nitrogen functional groups attached to an aromatic ring is 1. The van der Waals surface area contributed by atoms with Gasteiger partial charge in [0.1, 0.15) is 5.75 Å². The number of aryl methyl sites for hydroxylation is 1. The van der Waals surface area contributed by atoms with E-state index in [-0.39, 0.29) is 25.1 Å². The van der Waals surface area contributed by atoms with Crippen molar-refractivity contribution in [2.24, 2.45) is 0 Å². The van der Waals surface area contributed by atoms with Gasteiger partial charge in [-0.2, -0.15) is 13.2 Å². The monoisotopic (exact) mass is 396 g/mol. The number of anilines is 1. The van der Waals surface area contributed by atoms with Crippen molar-refractivity contribution in [1.82, 2.24) is 4.90 Å². The zero-order valence-corrected chi connectivity index (χ0v) is 13.9. The van der Waals surface area contributed by atoms with E-state index in [9.17, 15) is 18.0 Å². The molecule has 1 saturated heterocycles. The quantitative estimate of drug-likeness (QED) is 0.745. The second kappa shape index (κ2) is 6.10. The summed E-state index contributed by atoms with van der Waals surface area (Å²) in [4.78, 5) is 11.8. The lowest BCUT2D eigenvalue weighted by Gasteiger charge is -2.43. The van der Waals surface area contributed by atoms with E-state index < -0.39 is 24.4 Å². The van der Waals surface area contributed by atoms with Gasteiger partial charge in [-0.25, -0.2) is 4.79 Å². The molecule has 5 nitrogen and oxygen atoms in total. The van der Waals surface area contributed by atoms with Crippen LogP contribution in [0.4, 0.5) is 23.7 Å². The fraction of sp³-hybridized carbons (Fsp3) is 0.500. The van der Waals surface area contributed by atoms with Gasteiger partial charge in [0.2, 0.25) is 5.60 Å². The van der Waals surface area contributed by atoms with Crippen LogP contribution in [0.15, 0.2) is 16.6 Å². The number of nitrogens with two attached hydrogens (primary N) is 1. The van der Waals surface area contributed by atoms with Crippen LogP contribution in [-0.2, 0) is 0 Å². The van der Waals surface area contributed by atoms with E-state index in [1.807, 2.05) is 0 Å². The minimum atomic E-state index is -4.71. The Morgan fingerprint density at radius 2 is 2.13 bits per heavy atom. The van der Waals surface area contributed by atoms with Gasteiger partial charge < -0.3 is 20.5 Å². The zero-order chi connectivity index (χ0) is 17.4. The Bertz CT molecular complexity index is 601. The fourth-order valence-corrected chi connectivity index (χ4v) is 3.30. The summed E-state index contributed by atoms with van der Waals surface area (Å²) in [7, 11) is 0. The summed E-state index contributed by atoms with van der Waals surface area (Å²) in [6.45, 7) is 0.874. The molecule has 0 aromatic heterocycles. The van der Waals surface area contributed by atoms with Gasteiger partial charge in [-0.05, 0) is 53.4 Å². The van der Waals surface area contributed by atoms with Crippen molar-refractivity contribution in [1.29, 1.82) is 0 Å². The summed E-state index contributed by atoms with van der Waals surface area (Å²) in [5.74, 6) is 0.0174. The molecule has 1 atom stereocenters. The largest absolute Gasteiger partial charge is 0.474 e. The molecule has 23 heavy (non-hydrogen) atoms. The molecule has 0 aliphatic carbocycles. The Balaban J connectivity index is 2.43. The molecule has 9 heteroatoms. The Kier molecular flexibility index (Phi) is 4.70. The lowest BCUT2D eigenvalue weighted by Crippen LogP contribution is -2.61.